The molecule has 1 aromatic heterocycles. The van der Waals surface area contributed by atoms with Crippen molar-refractivity contribution in [2.75, 3.05) is 0 Å². The Bertz CT molecular complexity index is 1000. The van der Waals surface area contributed by atoms with Crippen LogP contribution in [0.1, 0.15) is 29.9 Å². The van der Waals surface area contributed by atoms with Gasteiger partial charge in [-0.05, 0) is 31.6 Å². The Labute approximate surface area is 150 Å². The van der Waals surface area contributed by atoms with E-state index < -0.39 is 4.92 Å². The lowest BCUT2D eigenvalue weighted by atomic mass is 10.1. The number of benzene rings is 2. The first-order valence-electron chi connectivity index (χ1n) is 8.17. The van der Waals surface area contributed by atoms with Crippen molar-refractivity contribution >= 4 is 28.6 Å². The molecule has 6 heteroatoms. The van der Waals surface area contributed by atoms with Gasteiger partial charge in [0.1, 0.15) is 11.3 Å². The van der Waals surface area contributed by atoms with Gasteiger partial charge < -0.3 is 9.73 Å². The molecule has 0 spiro atoms. The maximum absolute atomic E-state index is 12.2. The summed E-state index contributed by atoms with van der Waals surface area (Å²) in [5.74, 6) is 0.409. The lowest BCUT2D eigenvalue weighted by Crippen LogP contribution is -2.24. The molecule has 0 saturated carbocycles. The highest BCUT2D eigenvalue weighted by Gasteiger charge is 2.17. The van der Waals surface area contributed by atoms with E-state index in [-0.39, 0.29) is 17.6 Å². The third kappa shape index (κ3) is 3.64. The summed E-state index contributed by atoms with van der Waals surface area (Å²) < 4.78 is 5.85. The standard InChI is InChI=1S/C20H18N2O4/c1-13-17-8-3-4-9-18(17)26-20(13)14(2)21-19(23)11-10-15-6-5-7-16(12-15)22(24)25/h3-12,14H,1-2H3,(H,21,23)/b11-10+. The number of rotatable bonds is 5. The highest BCUT2D eigenvalue weighted by atomic mass is 16.6. The summed E-state index contributed by atoms with van der Waals surface area (Å²) in [5, 5.41) is 14.7. The molecule has 132 valence electrons. The molecule has 3 aromatic rings. The maximum Gasteiger partial charge on any atom is 0.270 e. The number of aryl methyl sites for hydroxylation is 1. The highest BCUT2D eigenvalue weighted by molar-refractivity contribution is 5.92. The van der Waals surface area contributed by atoms with Crippen molar-refractivity contribution in [3.63, 3.8) is 0 Å². The van der Waals surface area contributed by atoms with Crippen LogP contribution in [0.15, 0.2) is 59.0 Å². The van der Waals surface area contributed by atoms with E-state index >= 15 is 0 Å². The summed E-state index contributed by atoms with van der Waals surface area (Å²) in [6.07, 6.45) is 2.90. The SMILES string of the molecule is Cc1c(C(C)NC(=O)/C=C/c2cccc([N+](=O)[O-])c2)oc2ccccc12. The molecule has 1 unspecified atom stereocenters. The van der Waals surface area contributed by atoms with Crippen molar-refractivity contribution in [3.8, 4) is 0 Å². The Hall–Kier alpha value is -3.41. The van der Waals surface area contributed by atoms with Crippen LogP contribution in [0.5, 0.6) is 0 Å². The molecule has 0 fully saturated rings. The first-order valence-corrected chi connectivity index (χ1v) is 8.17. The third-order valence-electron chi connectivity index (χ3n) is 4.14. The Balaban J connectivity index is 1.72. The van der Waals surface area contributed by atoms with Crippen LogP contribution in [0.3, 0.4) is 0 Å². The summed E-state index contributed by atoms with van der Waals surface area (Å²) in [5.41, 5.74) is 2.35. The molecule has 1 atom stereocenters. The van der Waals surface area contributed by atoms with Gasteiger partial charge in [0.25, 0.3) is 5.69 Å². The molecule has 3 rings (SSSR count). The molecule has 0 saturated heterocycles. The van der Waals surface area contributed by atoms with Crippen LogP contribution in [-0.2, 0) is 4.79 Å². The summed E-state index contributed by atoms with van der Waals surface area (Å²) in [6.45, 7) is 3.81. The number of hydrogen-bond acceptors (Lipinski definition) is 4. The van der Waals surface area contributed by atoms with Gasteiger partial charge in [0, 0.05) is 29.2 Å². The van der Waals surface area contributed by atoms with E-state index in [0.29, 0.717) is 11.3 Å². The Morgan fingerprint density at radius 3 is 2.73 bits per heavy atom. The highest BCUT2D eigenvalue weighted by Crippen LogP contribution is 2.29. The molecule has 0 aliphatic heterocycles. The van der Waals surface area contributed by atoms with Gasteiger partial charge in [0.05, 0.1) is 11.0 Å². The van der Waals surface area contributed by atoms with Gasteiger partial charge in [0.15, 0.2) is 0 Å². The van der Waals surface area contributed by atoms with E-state index in [1.165, 1.54) is 18.2 Å². The molecular weight excluding hydrogens is 332 g/mol. The lowest BCUT2D eigenvalue weighted by Gasteiger charge is -2.10. The molecule has 1 amide bonds. The molecule has 2 aromatic carbocycles. The number of fused-ring (bicyclic) bond motifs is 1. The van der Waals surface area contributed by atoms with Crippen molar-refractivity contribution in [1.29, 1.82) is 0 Å². The van der Waals surface area contributed by atoms with Crippen molar-refractivity contribution in [2.45, 2.75) is 19.9 Å². The second-order valence-corrected chi connectivity index (χ2v) is 6.00. The predicted octanol–water partition coefficient (Wildman–Crippen LogP) is 4.54. The average Bonchev–Trinajstić information content (AvgIpc) is 2.97. The Kier molecular flexibility index (Phi) is 4.84. The zero-order valence-electron chi connectivity index (χ0n) is 14.4. The number of para-hydroxylation sites is 1. The number of hydrogen-bond donors (Lipinski definition) is 1. The quantitative estimate of drug-likeness (QED) is 0.416. The van der Waals surface area contributed by atoms with Crippen LogP contribution >= 0.6 is 0 Å². The van der Waals surface area contributed by atoms with E-state index in [9.17, 15) is 14.9 Å². The van der Waals surface area contributed by atoms with Crippen molar-refractivity contribution < 1.29 is 14.1 Å². The molecule has 0 bridgehead atoms. The zero-order valence-corrected chi connectivity index (χ0v) is 14.4. The molecule has 0 aliphatic rings. The largest absolute Gasteiger partial charge is 0.459 e. The minimum absolute atomic E-state index is 0.0150. The number of nitrogens with zero attached hydrogens (tertiary/aromatic N) is 1. The van der Waals surface area contributed by atoms with Gasteiger partial charge in [-0.25, -0.2) is 0 Å². The fourth-order valence-electron chi connectivity index (χ4n) is 2.85. The monoisotopic (exact) mass is 350 g/mol. The first kappa shape index (κ1) is 17.4. The number of furan rings is 1. The van der Waals surface area contributed by atoms with E-state index in [1.807, 2.05) is 38.1 Å². The van der Waals surface area contributed by atoms with Crippen molar-refractivity contribution in [2.24, 2.45) is 0 Å². The fraction of sp³-hybridized carbons (Fsp3) is 0.150. The average molecular weight is 350 g/mol. The van der Waals surface area contributed by atoms with Crippen molar-refractivity contribution in [1.82, 2.24) is 5.32 Å². The summed E-state index contributed by atoms with van der Waals surface area (Å²) in [4.78, 5) is 22.5. The van der Waals surface area contributed by atoms with E-state index in [0.717, 1.165) is 16.5 Å². The minimum Gasteiger partial charge on any atom is -0.459 e. The van der Waals surface area contributed by atoms with E-state index in [2.05, 4.69) is 5.32 Å². The summed E-state index contributed by atoms with van der Waals surface area (Å²) in [6, 6.07) is 13.5. The molecular formula is C20H18N2O4. The van der Waals surface area contributed by atoms with E-state index in [1.54, 1.807) is 18.2 Å². The van der Waals surface area contributed by atoms with Crippen LogP contribution in [0.2, 0.25) is 0 Å². The Morgan fingerprint density at radius 1 is 1.23 bits per heavy atom. The van der Waals surface area contributed by atoms with Crippen LogP contribution in [0.25, 0.3) is 17.0 Å². The molecule has 0 aliphatic carbocycles. The number of amides is 1. The van der Waals surface area contributed by atoms with Gasteiger partial charge in [-0.15, -0.1) is 0 Å². The number of carbonyl (C=O) groups excluding carboxylic acids is 1. The Morgan fingerprint density at radius 2 is 2.00 bits per heavy atom. The summed E-state index contributed by atoms with van der Waals surface area (Å²) >= 11 is 0. The van der Waals surface area contributed by atoms with Crippen LogP contribution in [-0.4, -0.2) is 10.8 Å². The second-order valence-electron chi connectivity index (χ2n) is 6.00. The lowest BCUT2D eigenvalue weighted by molar-refractivity contribution is -0.384. The molecule has 0 radical (unpaired) electrons. The smallest absolute Gasteiger partial charge is 0.270 e. The van der Waals surface area contributed by atoms with Crippen LogP contribution in [0, 0.1) is 17.0 Å². The predicted molar refractivity (Wildman–Crippen MR) is 99.6 cm³/mol. The normalized spacial score (nSPS) is 12.4. The van der Waals surface area contributed by atoms with E-state index in [4.69, 9.17) is 4.42 Å². The van der Waals surface area contributed by atoms with Crippen LogP contribution < -0.4 is 5.32 Å². The number of carbonyl (C=O) groups is 1. The third-order valence-corrected chi connectivity index (χ3v) is 4.14. The summed E-state index contributed by atoms with van der Waals surface area (Å²) in [7, 11) is 0. The molecule has 1 heterocycles. The second kappa shape index (κ2) is 7.23. The van der Waals surface area contributed by atoms with Crippen molar-refractivity contribution in [3.05, 3.63) is 81.6 Å². The van der Waals surface area contributed by atoms with Crippen LogP contribution in [0.4, 0.5) is 5.69 Å². The number of nitro benzene ring substituents is 1. The number of nitro groups is 1. The zero-order chi connectivity index (χ0) is 18.7. The molecule has 6 nitrogen and oxygen atoms in total. The van der Waals surface area contributed by atoms with Gasteiger partial charge in [0.2, 0.25) is 5.91 Å². The number of nitrogens with one attached hydrogen (secondary N) is 1. The molecule has 26 heavy (non-hydrogen) atoms. The maximum atomic E-state index is 12.2. The van der Waals surface area contributed by atoms with Gasteiger partial charge in [-0.1, -0.05) is 30.3 Å². The minimum atomic E-state index is -0.468. The van der Waals surface area contributed by atoms with Gasteiger partial charge >= 0.3 is 0 Å². The fourth-order valence-corrected chi connectivity index (χ4v) is 2.85. The first-order chi connectivity index (χ1) is 12.5. The topological polar surface area (TPSA) is 85.4 Å². The van der Waals surface area contributed by atoms with Gasteiger partial charge in [-0.2, -0.15) is 0 Å². The number of non-ortho nitro benzene ring substituents is 1. The van der Waals surface area contributed by atoms with Gasteiger partial charge in [-0.3, -0.25) is 14.9 Å². The molecule has 1 N–H and O–H groups in total.